The van der Waals surface area contributed by atoms with Gasteiger partial charge in [0.25, 0.3) is 0 Å². The summed E-state index contributed by atoms with van der Waals surface area (Å²) < 4.78 is 14.4. The Morgan fingerprint density at radius 3 is 2.76 bits per heavy atom. The molecule has 0 amide bonds. The maximum absolute atomic E-state index is 13.7. The lowest BCUT2D eigenvalue weighted by Crippen LogP contribution is -2.34. The van der Waals surface area contributed by atoms with Gasteiger partial charge in [0.2, 0.25) is 0 Å². The summed E-state index contributed by atoms with van der Waals surface area (Å²) in [6.45, 7) is 6.59. The van der Waals surface area contributed by atoms with Gasteiger partial charge in [0.15, 0.2) is 0 Å². The highest BCUT2D eigenvalue weighted by Crippen LogP contribution is 2.38. The van der Waals surface area contributed by atoms with Crippen molar-refractivity contribution >= 4 is 15.9 Å². The largest absolute Gasteiger partial charge is 0.317 e. The zero-order valence-electron chi connectivity index (χ0n) is 13.2. The molecule has 0 radical (unpaired) electrons. The zero-order valence-corrected chi connectivity index (χ0v) is 14.8. The van der Waals surface area contributed by atoms with Crippen molar-refractivity contribution in [2.75, 3.05) is 13.1 Å². The van der Waals surface area contributed by atoms with Gasteiger partial charge in [-0.05, 0) is 77.7 Å². The van der Waals surface area contributed by atoms with Crippen molar-refractivity contribution in [2.24, 2.45) is 17.8 Å². The average Bonchev–Trinajstić information content (AvgIpc) is 2.50. The van der Waals surface area contributed by atoms with E-state index in [9.17, 15) is 4.39 Å². The van der Waals surface area contributed by atoms with Crippen LogP contribution in [0.3, 0.4) is 0 Å². The molecule has 21 heavy (non-hydrogen) atoms. The van der Waals surface area contributed by atoms with Crippen LogP contribution < -0.4 is 5.32 Å². The number of halogens is 2. The topological polar surface area (TPSA) is 12.0 Å². The van der Waals surface area contributed by atoms with Gasteiger partial charge in [0, 0.05) is 0 Å². The van der Waals surface area contributed by atoms with E-state index in [0.717, 1.165) is 36.9 Å². The maximum Gasteiger partial charge on any atom is 0.137 e. The number of nitrogens with one attached hydrogen (secondary N) is 1. The van der Waals surface area contributed by atoms with Gasteiger partial charge in [-0.15, -0.1) is 0 Å². The van der Waals surface area contributed by atoms with Gasteiger partial charge in [0.1, 0.15) is 5.82 Å². The molecule has 1 saturated carbocycles. The van der Waals surface area contributed by atoms with E-state index >= 15 is 0 Å². The minimum absolute atomic E-state index is 0.140. The Morgan fingerprint density at radius 2 is 2.05 bits per heavy atom. The van der Waals surface area contributed by atoms with E-state index in [1.165, 1.54) is 31.7 Å². The number of benzene rings is 1. The van der Waals surface area contributed by atoms with Crippen LogP contribution in [0.25, 0.3) is 0 Å². The molecule has 0 bridgehead atoms. The molecule has 1 aromatic rings. The molecule has 3 atom stereocenters. The Balaban J connectivity index is 2.09. The predicted molar refractivity (Wildman–Crippen MR) is 91.0 cm³/mol. The van der Waals surface area contributed by atoms with Crippen LogP contribution in [0.5, 0.6) is 0 Å². The molecule has 1 N–H and O–H groups in total. The van der Waals surface area contributed by atoms with Crippen LogP contribution >= 0.6 is 15.9 Å². The lowest BCUT2D eigenvalue weighted by atomic mass is 9.71. The van der Waals surface area contributed by atoms with Crippen molar-refractivity contribution in [3.05, 3.63) is 34.1 Å². The van der Waals surface area contributed by atoms with E-state index < -0.39 is 0 Å². The summed E-state index contributed by atoms with van der Waals surface area (Å²) in [5.41, 5.74) is 1.12. The van der Waals surface area contributed by atoms with Gasteiger partial charge < -0.3 is 5.32 Å². The van der Waals surface area contributed by atoms with Crippen molar-refractivity contribution < 1.29 is 4.39 Å². The molecule has 0 spiro atoms. The van der Waals surface area contributed by atoms with Crippen LogP contribution in [-0.4, -0.2) is 13.1 Å². The fraction of sp³-hybridized carbons (Fsp3) is 0.667. The lowest BCUT2D eigenvalue weighted by Gasteiger charge is -2.36. The summed E-state index contributed by atoms with van der Waals surface area (Å²) in [4.78, 5) is 0. The summed E-state index contributed by atoms with van der Waals surface area (Å²) in [5.74, 6) is 2.10. The summed E-state index contributed by atoms with van der Waals surface area (Å²) in [6.07, 6.45) is 6.21. The molecule has 1 aliphatic carbocycles. The third-order valence-electron chi connectivity index (χ3n) is 5.00. The van der Waals surface area contributed by atoms with E-state index in [-0.39, 0.29) is 5.82 Å². The molecular weight excluding hydrogens is 329 g/mol. The first-order valence-electron chi connectivity index (χ1n) is 8.29. The van der Waals surface area contributed by atoms with Crippen LogP contribution in [-0.2, 0) is 6.42 Å². The second-order valence-electron chi connectivity index (χ2n) is 6.33. The molecule has 1 nitrogen and oxygen atoms in total. The first-order valence-corrected chi connectivity index (χ1v) is 9.08. The maximum atomic E-state index is 13.7. The molecule has 0 heterocycles. The minimum atomic E-state index is -0.140. The van der Waals surface area contributed by atoms with Crippen LogP contribution in [0.4, 0.5) is 4.39 Å². The normalized spacial score (nSPS) is 26.0. The molecular formula is C18H27BrFN. The molecule has 118 valence electrons. The summed E-state index contributed by atoms with van der Waals surface area (Å²) in [7, 11) is 0. The van der Waals surface area contributed by atoms with Crippen LogP contribution in [0.15, 0.2) is 22.7 Å². The monoisotopic (exact) mass is 355 g/mol. The predicted octanol–water partition coefficient (Wildman–Crippen LogP) is 5.18. The molecule has 2 rings (SSSR count). The number of hydrogen-bond acceptors (Lipinski definition) is 1. The number of hydrogen-bond donors (Lipinski definition) is 1. The first kappa shape index (κ1) is 17.0. The fourth-order valence-corrected chi connectivity index (χ4v) is 4.06. The molecule has 1 aliphatic rings. The Labute approximate surface area is 136 Å². The van der Waals surface area contributed by atoms with Crippen LogP contribution in [0.1, 0.15) is 45.1 Å². The summed E-state index contributed by atoms with van der Waals surface area (Å²) in [5, 5.41) is 3.51. The van der Waals surface area contributed by atoms with Gasteiger partial charge in [-0.25, -0.2) is 4.39 Å². The van der Waals surface area contributed by atoms with Crippen LogP contribution in [0, 0.1) is 23.6 Å². The molecule has 0 aliphatic heterocycles. The number of rotatable bonds is 6. The van der Waals surface area contributed by atoms with E-state index in [1.54, 1.807) is 0 Å². The van der Waals surface area contributed by atoms with Crippen molar-refractivity contribution in [3.63, 3.8) is 0 Å². The smallest absolute Gasteiger partial charge is 0.137 e. The quantitative estimate of drug-likeness (QED) is 0.740. The second kappa shape index (κ2) is 8.28. The second-order valence-corrected chi connectivity index (χ2v) is 7.13. The van der Waals surface area contributed by atoms with Crippen molar-refractivity contribution in [1.29, 1.82) is 0 Å². The van der Waals surface area contributed by atoms with Crippen LogP contribution in [0.2, 0.25) is 0 Å². The van der Waals surface area contributed by atoms with Gasteiger partial charge in [-0.2, -0.15) is 0 Å². The molecule has 3 unspecified atom stereocenters. The molecule has 1 fully saturated rings. The van der Waals surface area contributed by atoms with Crippen molar-refractivity contribution in [3.8, 4) is 0 Å². The van der Waals surface area contributed by atoms with E-state index in [1.807, 2.05) is 6.07 Å². The first-order chi connectivity index (χ1) is 10.2. The molecule has 0 aromatic heterocycles. The van der Waals surface area contributed by atoms with E-state index in [2.05, 4.69) is 41.2 Å². The van der Waals surface area contributed by atoms with Crippen molar-refractivity contribution in [1.82, 2.24) is 5.32 Å². The van der Waals surface area contributed by atoms with Gasteiger partial charge in [-0.3, -0.25) is 0 Å². The highest BCUT2D eigenvalue weighted by molar-refractivity contribution is 9.10. The van der Waals surface area contributed by atoms with Gasteiger partial charge >= 0.3 is 0 Å². The SMILES string of the molecule is CCNCC1CCC(CC)CC1Cc1cccc(F)c1Br. The Kier molecular flexibility index (Phi) is 6.69. The molecule has 0 saturated heterocycles. The standard InChI is InChI=1S/C18H27BrFN/c1-3-13-8-9-15(12-21-4-2)16(10-13)11-14-6-5-7-17(20)18(14)19/h5-7,13,15-16,21H,3-4,8-12H2,1-2H3. The van der Waals surface area contributed by atoms with Crippen molar-refractivity contribution in [2.45, 2.75) is 46.0 Å². The van der Waals surface area contributed by atoms with E-state index in [4.69, 9.17) is 0 Å². The van der Waals surface area contributed by atoms with Gasteiger partial charge in [0.05, 0.1) is 4.47 Å². The third-order valence-corrected chi connectivity index (χ3v) is 5.88. The summed E-state index contributed by atoms with van der Waals surface area (Å²) in [6, 6.07) is 5.42. The van der Waals surface area contributed by atoms with Gasteiger partial charge in [-0.1, -0.05) is 38.8 Å². The van der Waals surface area contributed by atoms with E-state index in [0.29, 0.717) is 10.4 Å². The zero-order chi connectivity index (χ0) is 15.2. The lowest BCUT2D eigenvalue weighted by molar-refractivity contribution is 0.171. The highest BCUT2D eigenvalue weighted by Gasteiger charge is 2.30. The average molecular weight is 356 g/mol. The third kappa shape index (κ3) is 4.53. The Morgan fingerprint density at radius 1 is 1.24 bits per heavy atom. The molecule has 3 heteroatoms. The minimum Gasteiger partial charge on any atom is -0.317 e. The Hall–Kier alpha value is -0.410. The fourth-order valence-electron chi connectivity index (χ4n) is 3.63. The highest BCUT2D eigenvalue weighted by atomic mass is 79.9. The Bertz CT molecular complexity index is 449. The summed E-state index contributed by atoms with van der Waals surface area (Å²) >= 11 is 3.42. The molecule has 1 aromatic carbocycles.